The molecule has 5 heteroatoms. The lowest BCUT2D eigenvalue weighted by molar-refractivity contribution is -0.122. The van der Waals surface area contributed by atoms with E-state index in [9.17, 15) is 4.79 Å². The summed E-state index contributed by atoms with van der Waals surface area (Å²) in [6.45, 7) is 5.11. The summed E-state index contributed by atoms with van der Waals surface area (Å²) in [7, 11) is 0. The largest absolute Gasteiger partial charge is 0.355 e. The number of amides is 1. The van der Waals surface area contributed by atoms with Gasteiger partial charge in [-0.2, -0.15) is 0 Å². The second-order valence-corrected chi connectivity index (χ2v) is 7.74. The molecule has 0 bridgehead atoms. The smallest absolute Gasteiger partial charge is 0.234 e. The van der Waals surface area contributed by atoms with Gasteiger partial charge < -0.3 is 5.32 Å². The summed E-state index contributed by atoms with van der Waals surface area (Å²) >= 11 is 0. The summed E-state index contributed by atoms with van der Waals surface area (Å²) < 4.78 is 0. The Morgan fingerprint density at radius 1 is 1.22 bits per heavy atom. The van der Waals surface area contributed by atoms with Crippen molar-refractivity contribution in [3.63, 3.8) is 0 Å². The highest BCUT2D eigenvalue weighted by molar-refractivity contribution is 5.78. The molecule has 1 aromatic carbocycles. The fourth-order valence-electron chi connectivity index (χ4n) is 4.34. The van der Waals surface area contributed by atoms with Gasteiger partial charge in [-0.25, -0.2) is 9.97 Å². The predicted octanol–water partition coefficient (Wildman–Crippen LogP) is 2.42. The summed E-state index contributed by atoms with van der Waals surface area (Å²) in [5, 5.41) is 3.04. The van der Waals surface area contributed by atoms with E-state index in [0.717, 1.165) is 43.9 Å². The van der Waals surface area contributed by atoms with E-state index in [1.807, 2.05) is 0 Å². The predicted molar refractivity (Wildman–Crippen MR) is 106 cm³/mol. The molecule has 1 atom stereocenters. The van der Waals surface area contributed by atoms with E-state index in [1.54, 1.807) is 0 Å². The molecule has 0 saturated carbocycles. The number of fused-ring (bicyclic) bond motifs is 1. The molecule has 0 unspecified atom stereocenters. The first-order chi connectivity index (χ1) is 13.2. The molecule has 27 heavy (non-hydrogen) atoms. The SMILES string of the molecule is Cc1nc(CCNC(=O)CN2CC[C@@H](c3ccccc3)C2)nc2c1CCC2. The van der Waals surface area contributed by atoms with Crippen LogP contribution in [0.15, 0.2) is 30.3 Å². The normalized spacial score (nSPS) is 19.2. The Morgan fingerprint density at radius 3 is 2.93 bits per heavy atom. The first kappa shape index (κ1) is 18.1. The van der Waals surface area contributed by atoms with Crippen molar-refractivity contribution in [2.24, 2.45) is 0 Å². The molecule has 5 nitrogen and oxygen atoms in total. The minimum absolute atomic E-state index is 0.0987. The van der Waals surface area contributed by atoms with Crippen molar-refractivity contribution in [3.05, 3.63) is 58.7 Å². The minimum atomic E-state index is 0.0987. The van der Waals surface area contributed by atoms with Gasteiger partial charge in [0, 0.05) is 30.9 Å². The number of aromatic nitrogens is 2. The number of nitrogens with zero attached hydrogens (tertiary/aromatic N) is 3. The summed E-state index contributed by atoms with van der Waals surface area (Å²) in [6.07, 6.45) is 5.18. The van der Waals surface area contributed by atoms with E-state index in [2.05, 4.69) is 57.4 Å². The number of carbonyl (C=O) groups is 1. The molecule has 2 heterocycles. The van der Waals surface area contributed by atoms with Crippen LogP contribution in [0.25, 0.3) is 0 Å². The summed E-state index contributed by atoms with van der Waals surface area (Å²) in [5.74, 6) is 1.50. The third kappa shape index (κ3) is 4.35. The third-order valence-corrected chi connectivity index (χ3v) is 5.77. The second-order valence-electron chi connectivity index (χ2n) is 7.74. The Balaban J connectivity index is 1.22. The van der Waals surface area contributed by atoms with Crippen LogP contribution in [0, 0.1) is 6.92 Å². The topological polar surface area (TPSA) is 58.1 Å². The van der Waals surface area contributed by atoms with Crippen molar-refractivity contribution in [1.29, 1.82) is 0 Å². The van der Waals surface area contributed by atoms with Crippen LogP contribution in [0.1, 0.15) is 47.1 Å². The maximum Gasteiger partial charge on any atom is 0.234 e. The number of carbonyl (C=O) groups excluding carboxylic acids is 1. The summed E-state index contributed by atoms with van der Waals surface area (Å²) in [6, 6.07) is 10.6. The van der Waals surface area contributed by atoms with Gasteiger partial charge >= 0.3 is 0 Å². The molecule has 1 aliphatic carbocycles. The van der Waals surface area contributed by atoms with Crippen molar-refractivity contribution in [2.75, 3.05) is 26.2 Å². The van der Waals surface area contributed by atoms with Crippen LogP contribution in [0.3, 0.4) is 0 Å². The first-order valence-electron chi connectivity index (χ1n) is 10.1. The number of hydrogen-bond donors (Lipinski definition) is 1. The average Bonchev–Trinajstić information content (AvgIpc) is 3.32. The molecule has 1 aromatic heterocycles. The van der Waals surface area contributed by atoms with Crippen molar-refractivity contribution in [1.82, 2.24) is 20.2 Å². The van der Waals surface area contributed by atoms with Crippen molar-refractivity contribution in [2.45, 2.75) is 44.9 Å². The van der Waals surface area contributed by atoms with Gasteiger partial charge in [0.25, 0.3) is 0 Å². The van der Waals surface area contributed by atoms with E-state index in [-0.39, 0.29) is 5.91 Å². The van der Waals surface area contributed by atoms with Crippen molar-refractivity contribution < 1.29 is 4.79 Å². The number of likely N-dealkylation sites (tertiary alicyclic amines) is 1. The van der Waals surface area contributed by atoms with Gasteiger partial charge in [0.05, 0.1) is 6.54 Å². The van der Waals surface area contributed by atoms with E-state index < -0.39 is 0 Å². The second kappa shape index (κ2) is 8.17. The number of benzene rings is 1. The molecule has 0 spiro atoms. The van der Waals surface area contributed by atoms with E-state index >= 15 is 0 Å². The lowest BCUT2D eigenvalue weighted by atomic mass is 9.99. The number of aryl methyl sites for hydroxylation is 2. The molecule has 1 N–H and O–H groups in total. The molecule has 2 aromatic rings. The molecule has 0 radical (unpaired) electrons. The van der Waals surface area contributed by atoms with Crippen LogP contribution >= 0.6 is 0 Å². The highest BCUT2D eigenvalue weighted by Crippen LogP contribution is 2.26. The van der Waals surface area contributed by atoms with E-state index in [4.69, 9.17) is 0 Å². The average molecular weight is 364 g/mol. The highest BCUT2D eigenvalue weighted by Gasteiger charge is 2.25. The van der Waals surface area contributed by atoms with Gasteiger partial charge in [-0.15, -0.1) is 0 Å². The quantitative estimate of drug-likeness (QED) is 0.855. The van der Waals surface area contributed by atoms with Gasteiger partial charge in [0.2, 0.25) is 5.91 Å². The summed E-state index contributed by atoms with van der Waals surface area (Å²) in [5.41, 5.74) is 5.05. The van der Waals surface area contributed by atoms with Crippen LogP contribution in [0.4, 0.5) is 0 Å². The van der Waals surface area contributed by atoms with Crippen LogP contribution in [0.2, 0.25) is 0 Å². The molecular formula is C22H28N4O. The van der Waals surface area contributed by atoms with Gasteiger partial charge in [-0.05, 0) is 56.2 Å². The third-order valence-electron chi connectivity index (χ3n) is 5.77. The summed E-state index contributed by atoms with van der Waals surface area (Å²) in [4.78, 5) is 23.8. The molecular weight excluding hydrogens is 336 g/mol. The van der Waals surface area contributed by atoms with Crippen LogP contribution in [0.5, 0.6) is 0 Å². The Morgan fingerprint density at radius 2 is 2.07 bits per heavy atom. The Labute approximate surface area is 161 Å². The lowest BCUT2D eigenvalue weighted by Crippen LogP contribution is -2.37. The monoisotopic (exact) mass is 364 g/mol. The molecule has 4 rings (SSSR count). The van der Waals surface area contributed by atoms with Crippen molar-refractivity contribution in [3.8, 4) is 0 Å². The first-order valence-corrected chi connectivity index (χ1v) is 10.1. The molecule has 1 saturated heterocycles. The van der Waals surface area contributed by atoms with Gasteiger partial charge in [-0.3, -0.25) is 9.69 Å². The van der Waals surface area contributed by atoms with E-state index in [1.165, 1.54) is 23.2 Å². The fourth-order valence-corrected chi connectivity index (χ4v) is 4.34. The van der Waals surface area contributed by atoms with Crippen LogP contribution in [-0.4, -0.2) is 47.0 Å². The van der Waals surface area contributed by atoms with Crippen LogP contribution in [-0.2, 0) is 24.1 Å². The fraction of sp³-hybridized carbons (Fsp3) is 0.500. The number of nitrogens with one attached hydrogen (secondary N) is 1. The Kier molecular flexibility index (Phi) is 5.48. The zero-order chi connectivity index (χ0) is 18.6. The van der Waals surface area contributed by atoms with Crippen molar-refractivity contribution >= 4 is 5.91 Å². The van der Waals surface area contributed by atoms with E-state index in [0.29, 0.717) is 25.4 Å². The lowest BCUT2D eigenvalue weighted by Gasteiger charge is -2.16. The van der Waals surface area contributed by atoms with Gasteiger partial charge in [-0.1, -0.05) is 30.3 Å². The minimum Gasteiger partial charge on any atom is -0.355 e. The molecule has 1 fully saturated rings. The molecule has 2 aliphatic rings. The highest BCUT2D eigenvalue weighted by atomic mass is 16.2. The van der Waals surface area contributed by atoms with Gasteiger partial charge in [0.15, 0.2) is 0 Å². The standard InChI is InChI=1S/C22H28N4O/c1-16-19-8-5-9-20(19)25-21(24-16)10-12-23-22(27)15-26-13-11-18(14-26)17-6-3-2-4-7-17/h2-4,6-7,18H,5,8-15H2,1H3,(H,23,27)/t18-/m1/s1. The molecule has 1 aliphatic heterocycles. The Bertz CT molecular complexity index is 805. The Hall–Kier alpha value is -2.27. The zero-order valence-electron chi connectivity index (χ0n) is 16.1. The number of rotatable bonds is 6. The van der Waals surface area contributed by atoms with Crippen LogP contribution < -0.4 is 5.32 Å². The zero-order valence-corrected chi connectivity index (χ0v) is 16.1. The maximum absolute atomic E-state index is 12.3. The molecule has 1 amide bonds. The van der Waals surface area contributed by atoms with Gasteiger partial charge in [0.1, 0.15) is 5.82 Å². The maximum atomic E-state index is 12.3. The molecule has 142 valence electrons. The number of hydrogen-bond acceptors (Lipinski definition) is 4.